The van der Waals surface area contributed by atoms with E-state index >= 15 is 16.8 Å². The van der Waals surface area contributed by atoms with E-state index in [-0.39, 0.29) is 56.5 Å². The number of hydrogen-bond donors (Lipinski definition) is 2. The van der Waals surface area contributed by atoms with Crippen LogP contribution < -0.4 is 29.1 Å². The number of likely N-dealkylation sites (tertiary alicyclic amines) is 1. The first kappa shape index (κ1) is 54.3. The Hall–Kier alpha value is -6.49. The molecule has 5 aromatic rings. The monoisotopic (exact) mass is 1050 g/mol. The van der Waals surface area contributed by atoms with Crippen molar-refractivity contribution >= 4 is 37.9 Å². The van der Waals surface area contributed by atoms with Crippen LogP contribution in [0.5, 0.6) is 17.2 Å². The number of carbonyl (C=O) groups excluding carboxylic acids is 2. The normalized spacial score (nSPS) is 15.8. The summed E-state index contributed by atoms with van der Waals surface area (Å²) in [6.45, 7) is 11.8. The number of amides is 2. The second-order valence-corrected chi connectivity index (χ2v) is 23.7. The van der Waals surface area contributed by atoms with Crippen molar-refractivity contribution in [1.29, 1.82) is 0 Å². The highest BCUT2D eigenvalue weighted by molar-refractivity contribution is 7.92. The Morgan fingerprint density at radius 3 is 1.75 bits per heavy atom. The highest BCUT2D eigenvalue weighted by atomic mass is 32.2. The molecule has 2 N–H and O–H groups in total. The molecule has 394 valence electrons. The molecule has 1 unspecified atom stereocenters. The highest BCUT2D eigenvalue weighted by Crippen LogP contribution is 2.42. The first-order valence-electron chi connectivity index (χ1n) is 24.1. The summed E-state index contributed by atoms with van der Waals surface area (Å²) in [5, 5.41) is 16.5. The van der Waals surface area contributed by atoms with E-state index < -0.39 is 59.3 Å². The number of nitrogens with one attached hydrogen (secondary N) is 2. The molecule has 0 spiro atoms. The minimum absolute atomic E-state index is 0.0127. The molecule has 0 aliphatic carbocycles. The standard InChI is InChI=1S/C51H67N9O11S2/c1-50(2,3)70-48(61)52-30-35-24-27-57(28-25-35)43-22-23-44(72(63,64)55-39-26-29-58(34-39)49(62)71-51(4,5)6)46(45(43)47-53-56-60(54-47)33-38-14-20-42(69-9)21-15-38)73(65,66)59(31-36-10-16-40(67-7)17-11-36)32-37-12-18-41(68-8)19-13-37/h10-23,35,39,55H,24-34H2,1-9H3,(H,52,61). The number of rotatable bonds is 18. The Labute approximate surface area is 428 Å². The van der Waals surface area contributed by atoms with Gasteiger partial charge in [0.15, 0.2) is 0 Å². The van der Waals surface area contributed by atoms with Gasteiger partial charge in [-0.3, -0.25) is 0 Å². The molecule has 3 heterocycles. The van der Waals surface area contributed by atoms with Crippen molar-refractivity contribution in [1.82, 2.24) is 39.5 Å². The Morgan fingerprint density at radius 2 is 1.23 bits per heavy atom. The van der Waals surface area contributed by atoms with Gasteiger partial charge in [-0.25, -0.2) is 31.1 Å². The number of ether oxygens (including phenoxy) is 5. The van der Waals surface area contributed by atoms with Crippen LogP contribution in [0, 0.1) is 5.92 Å². The summed E-state index contributed by atoms with van der Waals surface area (Å²) in [7, 11) is -5.02. The lowest BCUT2D eigenvalue weighted by Gasteiger charge is -2.35. The molecule has 1 atom stereocenters. The summed E-state index contributed by atoms with van der Waals surface area (Å²) in [5.41, 5.74) is 0.835. The lowest BCUT2D eigenvalue weighted by Crippen LogP contribution is -2.41. The summed E-state index contributed by atoms with van der Waals surface area (Å²) in [6, 6.07) is 23.2. The van der Waals surface area contributed by atoms with Crippen molar-refractivity contribution in [2.75, 3.05) is 59.0 Å². The number of sulfonamides is 2. The van der Waals surface area contributed by atoms with E-state index in [0.29, 0.717) is 66.5 Å². The van der Waals surface area contributed by atoms with Gasteiger partial charge in [-0.1, -0.05) is 36.4 Å². The molecule has 1 aromatic heterocycles. The zero-order valence-corrected chi connectivity index (χ0v) is 44.6. The average Bonchev–Trinajstić information content (AvgIpc) is 4.02. The molecule has 2 aliphatic heterocycles. The number of anilines is 1. The topological polar surface area (TPSA) is 226 Å². The van der Waals surface area contributed by atoms with Crippen molar-refractivity contribution in [3.63, 3.8) is 0 Å². The Kier molecular flexibility index (Phi) is 16.9. The number of benzene rings is 4. The van der Waals surface area contributed by atoms with E-state index in [9.17, 15) is 9.59 Å². The zero-order chi connectivity index (χ0) is 52.7. The van der Waals surface area contributed by atoms with Gasteiger partial charge in [0.25, 0.3) is 0 Å². The van der Waals surface area contributed by atoms with E-state index in [1.165, 1.54) is 34.3 Å². The molecule has 2 aliphatic rings. The molecule has 2 amide bonds. The van der Waals surface area contributed by atoms with Gasteiger partial charge in [0.2, 0.25) is 25.9 Å². The van der Waals surface area contributed by atoms with Gasteiger partial charge in [-0.05, 0) is 137 Å². The summed E-state index contributed by atoms with van der Waals surface area (Å²) in [5.74, 6) is 1.70. The molecule has 2 fully saturated rings. The van der Waals surface area contributed by atoms with Crippen LogP contribution in [0.1, 0.15) is 77.5 Å². The molecule has 2 saturated heterocycles. The van der Waals surface area contributed by atoms with E-state index in [1.54, 1.807) is 115 Å². The number of aromatic nitrogens is 4. The van der Waals surface area contributed by atoms with Gasteiger partial charge in [-0.15, -0.1) is 10.2 Å². The van der Waals surface area contributed by atoms with Gasteiger partial charge in [0.05, 0.1) is 33.4 Å². The Bertz CT molecular complexity index is 2870. The summed E-state index contributed by atoms with van der Waals surface area (Å²) < 4.78 is 94.0. The first-order valence-corrected chi connectivity index (χ1v) is 27.0. The van der Waals surface area contributed by atoms with E-state index in [1.807, 2.05) is 17.0 Å². The molecule has 20 nitrogen and oxygen atoms in total. The fourth-order valence-electron chi connectivity index (χ4n) is 8.58. The van der Waals surface area contributed by atoms with Crippen molar-refractivity contribution in [3.05, 3.63) is 102 Å². The average molecular weight is 1050 g/mol. The summed E-state index contributed by atoms with van der Waals surface area (Å²) in [4.78, 5) is 29.4. The van der Waals surface area contributed by atoms with Gasteiger partial charge in [0.1, 0.15) is 38.2 Å². The lowest BCUT2D eigenvalue weighted by molar-refractivity contribution is 0.0291. The third-order valence-corrected chi connectivity index (χ3v) is 15.8. The summed E-state index contributed by atoms with van der Waals surface area (Å²) in [6.07, 6.45) is 0.307. The lowest BCUT2D eigenvalue weighted by atomic mass is 9.95. The number of methoxy groups -OCH3 is 3. The maximum Gasteiger partial charge on any atom is 0.410 e. The third-order valence-electron chi connectivity index (χ3n) is 12.2. The number of hydrogen-bond acceptors (Lipinski definition) is 15. The zero-order valence-electron chi connectivity index (χ0n) is 43.0. The smallest absolute Gasteiger partial charge is 0.410 e. The van der Waals surface area contributed by atoms with Crippen LogP contribution in [-0.2, 0) is 49.2 Å². The van der Waals surface area contributed by atoms with Crippen LogP contribution in [0.4, 0.5) is 15.3 Å². The van der Waals surface area contributed by atoms with Crippen molar-refractivity contribution in [2.45, 2.75) is 107 Å². The molecule has 73 heavy (non-hydrogen) atoms. The van der Waals surface area contributed by atoms with Gasteiger partial charge < -0.3 is 38.8 Å². The maximum absolute atomic E-state index is 16.2. The van der Waals surface area contributed by atoms with Crippen LogP contribution in [0.2, 0.25) is 0 Å². The van der Waals surface area contributed by atoms with Crippen molar-refractivity contribution < 1.29 is 50.1 Å². The third kappa shape index (κ3) is 14.2. The number of nitrogens with zero attached hydrogens (tertiary/aromatic N) is 7. The van der Waals surface area contributed by atoms with Crippen LogP contribution in [0.3, 0.4) is 0 Å². The number of carbonyl (C=O) groups is 2. The molecule has 7 rings (SSSR count). The molecule has 0 bridgehead atoms. The SMILES string of the molecule is COc1ccc(CN(Cc2ccc(OC)cc2)S(=O)(=O)c2c(S(=O)(=O)NC3CCN(C(=O)OC(C)(C)C)C3)ccc(N3CCC(CNC(=O)OC(C)(C)C)CC3)c2-c2nnn(Cc3ccc(OC)cc3)n2)cc1. The van der Waals surface area contributed by atoms with Crippen LogP contribution in [0.15, 0.2) is 94.7 Å². The van der Waals surface area contributed by atoms with Crippen molar-refractivity contribution in [2.24, 2.45) is 5.92 Å². The minimum Gasteiger partial charge on any atom is -0.497 e. The second-order valence-electron chi connectivity index (χ2n) is 20.1. The molecular formula is C51H67N9O11S2. The fraction of sp³-hybridized carbons (Fsp3) is 0.471. The van der Waals surface area contributed by atoms with Crippen molar-refractivity contribution in [3.8, 4) is 28.6 Å². The number of alkyl carbamates (subject to hydrolysis) is 1. The largest absolute Gasteiger partial charge is 0.497 e. The van der Waals surface area contributed by atoms with E-state index in [4.69, 9.17) is 28.8 Å². The fourth-order valence-corrected chi connectivity index (χ4v) is 12.2. The molecule has 0 saturated carbocycles. The maximum atomic E-state index is 16.2. The Balaban J connectivity index is 1.37. The quantitative estimate of drug-likeness (QED) is 0.0917. The summed E-state index contributed by atoms with van der Waals surface area (Å²) >= 11 is 0. The molecule has 4 aromatic carbocycles. The minimum atomic E-state index is -4.91. The first-order chi connectivity index (χ1) is 34.5. The predicted octanol–water partition coefficient (Wildman–Crippen LogP) is 6.83. The molecular weight excluding hydrogens is 979 g/mol. The van der Waals surface area contributed by atoms with Crippen LogP contribution >= 0.6 is 0 Å². The van der Waals surface area contributed by atoms with E-state index in [2.05, 4.69) is 20.4 Å². The van der Waals surface area contributed by atoms with Crippen LogP contribution in [0.25, 0.3) is 11.4 Å². The Morgan fingerprint density at radius 1 is 0.699 bits per heavy atom. The van der Waals surface area contributed by atoms with Gasteiger partial charge in [-0.2, -0.15) is 9.10 Å². The number of piperidine rings is 1. The molecule has 0 radical (unpaired) electrons. The predicted molar refractivity (Wildman–Crippen MR) is 273 cm³/mol. The van der Waals surface area contributed by atoms with E-state index in [0.717, 1.165) is 5.56 Å². The van der Waals surface area contributed by atoms with Gasteiger partial charge >= 0.3 is 12.2 Å². The highest BCUT2D eigenvalue weighted by Gasteiger charge is 2.41. The van der Waals surface area contributed by atoms with Gasteiger partial charge in [0, 0.05) is 57.5 Å². The number of tetrazole rings is 1. The van der Waals surface area contributed by atoms with Crippen LogP contribution in [-0.4, -0.2) is 130 Å². The second kappa shape index (κ2) is 22.7. The molecule has 22 heteroatoms.